The first kappa shape index (κ1) is 12.6. The van der Waals surface area contributed by atoms with Gasteiger partial charge in [0.2, 0.25) is 0 Å². The highest BCUT2D eigenvalue weighted by Crippen LogP contribution is 2.21. The fourth-order valence-corrected chi connectivity index (χ4v) is 3.36. The molecule has 2 rings (SSSR count). The molecule has 1 N–H and O–H groups in total. The molecule has 3 nitrogen and oxygen atoms in total. The minimum Gasteiger partial charge on any atom is -0.334 e. The Morgan fingerprint density at radius 3 is 3.00 bits per heavy atom. The molecule has 1 amide bonds. The molecule has 1 saturated heterocycles. The molecule has 0 aromatic carbocycles. The van der Waals surface area contributed by atoms with Crippen molar-refractivity contribution in [3.05, 3.63) is 21.9 Å². The van der Waals surface area contributed by atoms with E-state index in [-0.39, 0.29) is 5.91 Å². The van der Waals surface area contributed by atoms with Crippen molar-refractivity contribution >= 4 is 17.2 Å². The predicted molar refractivity (Wildman–Crippen MR) is 71.7 cm³/mol. The number of nitrogens with zero attached hydrogens (tertiary/aromatic N) is 1. The lowest BCUT2D eigenvalue weighted by molar-refractivity contribution is 0.0708. The third-order valence-electron chi connectivity index (χ3n) is 3.40. The minimum atomic E-state index is 0.216. The summed E-state index contributed by atoms with van der Waals surface area (Å²) in [5.74, 6) is 0.216. The SMILES string of the molecule is CCc1ccsc1C(=O)N(CC)C1CCNC1. The lowest BCUT2D eigenvalue weighted by atomic mass is 10.1. The first-order valence-corrected chi connectivity index (χ1v) is 7.24. The standard InChI is InChI=1S/C13H20N2OS/c1-3-10-6-8-17-12(10)13(16)15(4-2)11-5-7-14-9-11/h6,8,11,14H,3-5,7,9H2,1-2H3. The van der Waals surface area contributed by atoms with Gasteiger partial charge in [0.1, 0.15) is 0 Å². The summed E-state index contributed by atoms with van der Waals surface area (Å²) in [7, 11) is 0. The number of rotatable bonds is 4. The van der Waals surface area contributed by atoms with Crippen molar-refractivity contribution < 1.29 is 4.79 Å². The van der Waals surface area contributed by atoms with Gasteiger partial charge in [0, 0.05) is 19.1 Å². The lowest BCUT2D eigenvalue weighted by Gasteiger charge is -2.27. The van der Waals surface area contributed by atoms with Crippen molar-refractivity contribution in [2.45, 2.75) is 32.7 Å². The molecular weight excluding hydrogens is 232 g/mol. The normalized spacial score (nSPS) is 19.5. The van der Waals surface area contributed by atoms with Gasteiger partial charge in [-0.2, -0.15) is 0 Å². The molecule has 0 bridgehead atoms. The zero-order chi connectivity index (χ0) is 12.3. The smallest absolute Gasteiger partial charge is 0.264 e. The molecule has 1 aromatic heterocycles. The second-order valence-corrected chi connectivity index (χ2v) is 5.28. The number of carbonyl (C=O) groups excluding carboxylic acids is 1. The summed E-state index contributed by atoms with van der Waals surface area (Å²) >= 11 is 1.57. The van der Waals surface area contributed by atoms with Gasteiger partial charge in [0.25, 0.3) is 5.91 Å². The number of thiophene rings is 1. The summed E-state index contributed by atoms with van der Waals surface area (Å²) in [4.78, 5) is 15.5. The minimum absolute atomic E-state index is 0.216. The molecule has 0 aliphatic carbocycles. The van der Waals surface area contributed by atoms with E-state index in [0.717, 1.165) is 37.4 Å². The van der Waals surface area contributed by atoms with Crippen molar-refractivity contribution in [1.82, 2.24) is 10.2 Å². The van der Waals surface area contributed by atoms with E-state index in [2.05, 4.69) is 25.2 Å². The molecule has 1 fully saturated rings. The van der Waals surface area contributed by atoms with Gasteiger partial charge in [-0.1, -0.05) is 6.92 Å². The van der Waals surface area contributed by atoms with Gasteiger partial charge in [-0.25, -0.2) is 0 Å². The Morgan fingerprint density at radius 1 is 1.59 bits per heavy atom. The zero-order valence-corrected chi connectivity index (χ0v) is 11.3. The average Bonchev–Trinajstić information content (AvgIpc) is 3.00. The Bertz CT molecular complexity index is 383. The molecule has 2 heterocycles. The highest BCUT2D eigenvalue weighted by atomic mass is 32.1. The predicted octanol–water partition coefficient (Wildman–Crippen LogP) is 2.13. The summed E-state index contributed by atoms with van der Waals surface area (Å²) in [5.41, 5.74) is 1.18. The van der Waals surface area contributed by atoms with Crippen molar-refractivity contribution in [2.75, 3.05) is 19.6 Å². The fourth-order valence-electron chi connectivity index (χ4n) is 2.41. The highest BCUT2D eigenvalue weighted by Gasteiger charge is 2.27. The van der Waals surface area contributed by atoms with Gasteiger partial charge in [0.05, 0.1) is 4.88 Å². The van der Waals surface area contributed by atoms with E-state index in [4.69, 9.17) is 0 Å². The first-order chi connectivity index (χ1) is 8.27. The Hall–Kier alpha value is -0.870. The van der Waals surface area contributed by atoms with E-state index < -0.39 is 0 Å². The zero-order valence-electron chi connectivity index (χ0n) is 10.5. The summed E-state index contributed by atoms with van der Waals surface area (Å²) in [6.45, 7) is 6.93. The van der Waals surface area contributed by atoms with Gasteiger partial charge in [-0.15, -0.1) is 11.3 Å². The molecule has 0 radical (unpaired) electrons. The first-order valence-electron chi connectivity index (χ1n) is 6.36. The summed E-state index contributed by atoms with van der Waals surface area (Å²) in [5, 5.41) is 5.35. The number of likely N-dealkylation sites (N-methyl/N-ethyl adjacent to an activating group) is 1. The van der Waals surface area contributed by atoms with Crippen LogP contribution in [-0.4, -0.2) is 36.5 Å². The van der Waals surface area contributed by atoms with Crippen LogP contribution in [0.5, 0.6) is 0 Å². The molecule has 17 heavy (non-hydrogen) atoms. The van der Waals surface area contributed by atoms with Gasteiger partial charge in [-0.05, 0) is 43.3 Å². The molecular formula is C13H20N2OS. The Morgan fingerprint density at radius 2 is 2.41 bits per heavy atom. The molecule has 94 valence electrons. The molecule has 1 aromatic rings. The van der Waals surface area contributed by atoms with Gasteiger partial charge >= 0.3 is 0 Å². The van der Waals surface area contributed by atoms with Gasteiger partial charge in [-0.3, -0.25) is 4.79 Å². The number of hydrogen-bond acceptors (Lipinski definition) is 3. The van der Waals surface area contributed by atoms with Crippen molar-refractivity contribution in [1.29, 1.82) is 0 Å². The van der Waals surface area contributed by atoms with E-state index >= 15 is 0 Å². The summed E-state index contributed by atoms with van der Waals surface area (Å²) < 4.78 is 0. The lowest BCUT2D eigenvalue weighted by Crippen LogP contribution is -2.41. The Balaban J connectivity index is 2.16. The average molecular weight is 252 g/mol. The van der Waals surface area contributed by atoms with Crippen LogP contribution < -0.4 is 5.32 Å². The van der Waals surface area contributed by atoms with E-state index in [1.54, 1.807) is 11.3 Å². The van der Waals surface area contributed by atoms with Crippen molar-refractivity contribution in [3.63, 3.8) is 0 Å². The monoisotopic (exact) mass is 252 g/mol. The van der Waals surface area contributed by atoms with Gasteiger partial charge in [0.15, 0.2) is 0 Å². The van der Waals surface area contributed by atoms with E-state index in [9.17, 15) is 4.79 Å². The van der Waals surface area contributed by atoms with Crippen LogP contribution in [0, 0.1) is 0 Å². The summed E-state index contributed by atoms with van der Waals surface area (Å²) in [6, 6.07) is 2.44. The Kier molecular flexibility index (Phi) is 4.18. The maximum Gasteiger partial charge on any atom is 0.264 e. The Labute approximate surface area is 107 Å². The second kappa shape index (κ2) is 5.65. The van der Waals surface area contributed by atoms with Crippen LogP contribution in [0.2, 0.25) is 0 Å². The molecule has 0 saturated carbocycles. The number of hydrogen-bond donors (Lipinski definition) is 1. The van der Waals surface area contributed by atoms with Crippen LogP contribution in [0.4, 0.5) is 0 Å². The fraction of sp³-hybridized carbons (Fsp3) is 0.615. The van der Waals surface area contributed by atoms with Crippen molar-refractivity contribution in [3.8, 4) is 0 Å². The van der Waals surface area contributed by atoms with E-state index in [0.29, 0.717) is 6.04 Å². The summed E-state index contributed by atoms with van der Waals surface area (Å²) in [6.07, 6.45) is 2.01. The highest BCUT2D eigenvalue weighted by molar-refractivity contribution is 7.12. The number of amides is 1. The van der Waals surface area contributed by atoms with Crippen molar-refractivity contribution in [2.24, 2.45) is 0 Å². The maximum atomic E-state index is 12.5. The van der Waals surface area contributed by atoms with Crippen LogP contribution in [0.15, 0.2) is 11.4 Å². The van der Waals surface area contributed by atoms with Gasteiger partial charge < -0.3 is 10.2 Å². The molecule has 0 spiro atoms. The molecule has 1 aliphatic rings. The van der Waals surface area contributed by atoms with Crippen LogP contribution >= 0.6 is 11.3 Å². The topological polar surface area (TPSA) is 32.3 Å². The maximum absolute atomic E-state index is 12.5. The van der Waals surface area contributed by atoms with Crippen LogP contribution in [0.25, 0.3) is 0 Å². The molecule has 1 atom stereocenters. The largest absolute Gasteiger partial charge is 0.334 e. The number of carbonyl (C=O) groups is 1. The van der Waals surface area contributed by atoms with E-state index in [1.165, 1.54) is 5.56 Å². The van der Waals surface area contributed by atoms with Crippen LogP contribution in [0.3, 0.4) is 0 Å². The van der Waals surface area contributed by atoms with E-state index in [1.807, 2.05) is 10.3 Å². The number of nitrogens with one attached hydrogen (secondary N) is 1. The van der Waals surface area contributed by atoms with Crippen LogP contribution in [0.1, 0.15) is 35.5 Å². The third-order valence-corrected chi connectivity index (χ3v) is 4.34. The third kappa shape index (κ3) is 2.53. The second-order valence-electron chi connectivity index (χ2n) is 4.37. The molecule has 4 heteroatoms. The number of aryl methyl sites for hydroxylation is 1. The van der Waals surface area contributed by atoms with Crippen LogP contribution in [-0.2, 0) is 6.42 Å². The quantitative estimate of drug-likeness (QED) is 0.890. The molecule has 1 unspecified atom stereocenters. The molecule has 1 aliphatic heterocycles.